The summed E-state index contributed by atoms with van der Waals surface area (Å²) in [7, 11) is 0. The standard InChI is InChI=1S/C23H27F3N4O2/c1-15-7-8-20(16(2)13-15)27-22(32)28-21(31)17(3)29-9-11-30(12-10-29)19-6-4-5-18(14-19)23(24,25)26/h4-8,13-14,17H,9-12H2,1-3H3,(H2,27,28,31,32). The largest absolute Gasteiger partial charge is 0.416 e. The molecule has 9 heteroatoms. The van der Waals surface area contributed by atoms with Gasteiger partial charge in [0.2, 0.25) is 5.91 Å². The molecule has 0 aromatic heterocycles. The first kappa shape index (κ1) is 23.6. The van der Waals surface area contributed by atoms with Gasteiger partial charge < -0.3 is 10.2 Å². The molecule has 32 heavy (non-hydrogen) atoms. The lowest BCUT2D eigenvalue weighted by Gasteiger charge is -2.38. The molecule has 0 spiro atoms. The van der Waals surface area contributed by atoms with Crippen molar-refractivity contribution in [2.45, 2.75) is 33.0 Å². The minimum Gasteiger partial charge on any atom is -0.369 e. The highest BCUT2D eigenvalue weighted by atomic mass is 19.4. The number of piperazine rings is 1. The van der Waals surface area contributed by atoms with E-state index in [1.807, 2.05) is 35.8 Å². The summed E-state index contributed by atoms with van der Waals surface area (Å²) >= 11 is 0. The average molecular weight is 448 g/mol. The van der Waals surface area contributed by atoms with Gasteiger partial charge >= 0.3 is 12.2 Å². The summed E-state index contributed by atoms with van der Waals surface area (Å²) in [4.78, 5) is 28.5. The molecule has 1 saturated heterocycles. The van der Waals surface area contributed by atoms with Crippen molar-refractivity contribution in [1.82, 2.24) is 10.2 Å². The van der Waals surface area contributed by atoms with Crippen LogP contribution in [-0.2, 0) is 11.0 Å². The number of halogens is 3. The number of alkyl halides is 3. The third-order valence-electron chi connectivity index (χ3n) is 5.65. The number of hydrogen-bond acceptors (Lipinski definition) is 4. The first-order valence-corrected chi connectivity index (χ1v) is 10.4. The van der Waals surface area contributed by atoms with Crippen LogP contribution in [0.5, 0.6) is 0 Å². The maximum Gasteiger partial charge on any atom is 0.416 e. The molecule has 6 nitrogen and oxygen atoms in total. The van der Waals surface area contributed by atoms with Crippen molar-refractivity contribution in [3.8, 4) is 0 Å². The van der Waals surface area contributed by atoms with Crippen molar-refractivity contribution in [3.63, 3.8) is 0 Å². The van der Waals surface area contributed by atoms with Gasteiger partial charge in [0.15, 0.2) is 0 Å². The number of aryl methyl sites for hydroxylation is 2. The topological polar surface area (TPSA) is 64.7 Å². The third-order valence-corrected chi connectivity index (χ3v) is 5.65. The van der Waals surface area contributed by atoms with Crippen LogP contribution in [0, 0.1) is 13.8 Å². The molecule has 1 aliphatic rings. The predicted molar refractivity (Wildman–Crippen MR) is 118 cm³/mol. The van der Waals surface area contributed by atoms with Gasteiger partial charge in [-0.05, 0) is 50.6 Å². The molecule has 1 aliphatic heterocycles. The van der Waals surface area contributed by atoms with E-state index in [0.717, 1.165) is 23.3 Å². The fourth-order valence-corrected chi connectivity index (χ4v) is 3.74. The molecule has 0 bridgehead atoms. The predicted octanol–water partition coefficient (Wildman–Crippen LogP) is 4.18. The monoisotopic (exact) mass is 448 g/mol. The van der Waals surface area contributed by atoms with Crippen molar-refractivity contribution in [2.75, 3.05) is 36.4 Å². The number of benzene rings is 2. The number of nitrogens with one attached hydrogen (secondary N) is 2. The number of imide groups is 1. The molecule has 2 aromatic carbocycles. The van der Waals surface area contributed by atoms with Gasteiger partial charge in [0.1, 0.15) is 0 Å². The minimum absolute atomic E-state index is 0.431. The van der Waals surface area contributed by atoms with Gasteiger partial charge in [-0.3, -0.25) is 15.0 Å². The Kier molecular flexibility index (Phi) is 7.08. The van der Waals surface area contributed by atoms with Crippen LogP contribution in [0.25, 0.3) is 0 Å². The lowest BCUT2D eigenvalue weighted by Crippen LogP contribution is -2.55. The number of carbonyl (C=O) groups excluding carboxylic acids is 2. The van der Waals surface area contributed by atoms with E-state index in [1.54, 1.807) is 19.1 Å². The zero-order valence-electron chi connectivity index (χ0n) is 18.3. The SMILES string of the molecule is Cc1ccc(NC(=O)NC(=O)C(C)N2CCN(c3cccc(C(F)(F)F)c3)CC2)c(C)c1. The van der Waals surface area contributed by atoms with E-state index in [9.17, 15) is 22.8 Å². The second-order valence-corrected chi connectivity index (χ2v) is 8.01. The van der Waals surface area contributed by atoms with Gasteiger partial charge in [0, 0.05) is 37.6 Å². The first-order chi connectivity index (χ1) is 15.0. The van der Waals surface area contributed by atoms with Crippen molar-refractivity contribution in [3.05, 3.63) is 59.2 Å². The molecule has 1 heterocycles. The van der Waals surface area contributed by atoms with E-state index in [1.165, 1.54) is 6.07 Å². The van der Waals surface area contributed by atoms with Crippen LogP contribution in [0.15, 0.2) is 42.5 Å². The summed E-state index contributed by atoms with van der Waals surface area (Å²) in [6.07, 6.45) is -4.39. The van der Waals surface area contributed by atoms with E-state index >= 15 is 0 Å². The second-order valence-electron chi connectivity index (χ2n) is 8.01. The van der Waals surface area contributed by atoms with Crippen LogP contribution in [0.3, 0.4) is 0 Å². The zero-order valence-corrected chi connectivity index (χ0v) is 18.3. The third kappa shape index (κ3) is 5.79. The summed E-state index contributed by atoms with van der Waals surface area (Å²) in [6, 6.07) is 9.68. The highest BCUT2D eigenvalue weighted by Gasteiger charge is 2.32. The Hall–Kier alpha value is -3.07. The Morgan fingerprint density at radius 3 is 2.31 bits per heavy atom. The van der Waals surface area contributed by atoms with Crippen molar-refractivity contribution >= 4 is 23.3 Å². The van der Waals surface area contributed by atoms with Gasteiger partial charge in [0.05, 0.1) is 11.6 Å². The molecule has 2 N–H and O–H groups in total. The maximum absolute atomic E-state index is 13.0. The molecule has 1 fully saturated rings. The average Bonchev–Trinajstić information content (AvgIpc) is 2.75. The Morgan fingerprint density at radius 1 is 1.00 bits per heavy atom. The summed E-state index contributed by atoms with van der Waals surface area (Å²) in [5, 5.41) is 5.05. The van der Waals surface area contributed by atoms with Crippen LogP contribution in [0.1, 0.15) is 23.6 Å². The van der Waals surface area contributed by atoms with Gasteiger partial charge in [0.25, 0.3) is 0 Å². The van der Waals surface area contributed by atoms with Crippen LogP contribution in [0.2, 0.25) is 0 Å². The van der Waals surface area contributed by atoms with E-state index in [0.29, 0.717) is 37.6 Å². The number of anilines is 2. The van der Waals surface area contributed by atoms with E-state index in [-0.39, 0.29) is 0 Å². The molecule has 2 aromatic rings. The molecule has 0 saturated carbocycles. The Morgan fingerprint density at radius 2 is 1.69 bits per heavy atom. The molecule has 172 valence electrons. The molecule has 1 atom stereocenters. The summed E-state index contributed by atoms with van der Waals surface area (Å²) in [5.41, 5.74) is 2.42. The molecule has 0 aliphatic carbocycles. The Bertz CT molecular complexity index is 985. The van der Waals surface area contributed by atoms with E-state index < -0.39 is 29.7 Å². The van der Waals surface area contributed by atoms with Crippen LogP contribution in [-0.4, -0.2) is 49.1 Å². The van der Waals surface area contributed by atoms with Gasteiger partial charge in [-0.2, -0.15) is 13.2 Å². The number of rotatable bonds is 4. The fourth-order valence-electron chi connectivity index (χ4n) is 3.74. The lowest BCUT2D eigenvalue weighted by molar-refractivity contribution is -0.137. The smallest absolute Gasteiger partial charge is 0.369 e. The van der Waals surface area contributed by atoms with Gasteiger partial charge in [-0.1, -0.05) is 23.8 Å². The minimum atomic E-state index is -4.39. The molecular weight excluding hydrogens is 421 g/mol. The second kappa shape index (κ2) is 9.60. The Balaban J connectivity index is 1.53. The van der Waals surface area contributed by atoms with Crippen LogP contribution < -0.4 is 15.5 Å². The number of amides is 3. The first-order valence-electron chi connectivity index (χ1n) is 10.4. The van der Waals surface area contributed by atoms with Crippen molar-refractivity contribution in [1.29, 1.82) is 0 Å². The van der Waals surface area contributed by atoms with Gasteiger partial charge in [-0.25, -0.2) is 4.79 Å². The quantitative estimate of drug-likeness (QED) is 0.737. The summed E-state index contributed by atoms with van der Waals surface area (Å²) in [6.45, 7) is 7.47. The van der Waals surface area contributed by atoms with E-state index in [2.05, 4.69) is 10.6 Å². The van der Waals surface area contributed by atoms with Crippen molar-refractivity contribution < 1.29 is 22.8 Å². The van der Waals surface area contributed by atoms with E-state index in [4.69, 9.17) is 0 Å². The van der Waals surface area contributed by atoms with Crippen LogP contribution >= 0.6 is 0 Å². The maximum atomic E-state index is 13.0. The zero-order chi connectivity index (χ0) is 23.5. The highest BCUT2D eigenvalue weighted by molar-refractivity contribution is 6.03. The lowest BCUT2D eigenvalue weighted by atomic mass is 10.1. The number of urea groups is 1. The van der Waals surface area contributed by atoms with Crippen LogP contribution in [0.4, 0.5) is 29.3 Å². The number of nitrogens with zero attached hydrogens (tertiary/aromatic N) is 2. The highest BCUT2D eigenvalue weighted by Crippen LogP contribution is 2.32. The fraction of sp³-hybridized carbons (Fsp3) is 0.391. The Labute approximate surface area is 185 Å². The molecular formula is C23H27F3N4O2. The number of hydrogen-bond donors (Lipinski definition) is 2. The summed E-state index contributed by atoms with van der Waals surface area (Å²) < 4.78 is 38.9. The summed E-state index contributed by atoms with van der Waals surface area (Å²) in [5.74, 6) is -0.431. The van der Waals surface area contributed by atoms with Gasteiger partial charge in [-0.15, -0.1) is 0 Å². The molecule has 0 radical (unpaired) electrons. The molecule has 3 amide bonds. The molecule has 3 rings (SSSR count). The van der Waals surface area contributed by atoms with Crippen molar-refractivity contribution in [2.24, 2.45) is 0 Å². The molecule has 1 unspecified atom stereocenters. The number of carbonyl (C=O) groups is 2. The normalized spacial score (nSPS) is 15.9.